The van der Waals surface area contributed by atoms with Gasteiger partial charge in [-0.2, -0.15) is 8.42 Å². The Kier molecular flexibility index (Phi) is 4.11. The molecule has 0 bridgehead atoms. The Morgan fingerprint density at radius 2 is 1.79 bits per heavy atom. The molecule has 2 aromatic heterocycles. The van der Waals surface area contributed by atoms with E-state index >= 15 is 0 Å². The van der Waals surface area contributed by atoms with Crippen molar-refractivity contribution in [2.45, 2.75) is 18.9 Å². The van der Waals surface area contributed by atoms with Crippen molar-refractivity contribution in [2.75, 3.05) is 4.72 Å². The lowest BCUT2D eigenvalue weighted by atomic mass is 10.0. The third kappa shape index (κ3) is 3.16. The van der Waals surface area contributed by atoms with Crippen LogP contribution in [0.3, 0.4) is 0 Å². The van der Waals surface area contributed by atoms with Gasteiger partial charge in [-0.3, -0.25) is 9.71 Å². The Morgan fingerprint density at radius 3 is 2.38 bits per heavy atom. The number of hydrogen-bond acceptors (Lipinski definition) is 4. The third-order valence-corrected chi connectivity index (χ3v) is 5.10. The average Bonchev–Trinajstić information content (AvgIpc) is 2.89. The molecular formula is C17H18N4O2S. The molecule has 0 spiro atoms. The van der Waals surface area contributed by atoms with Crippen LogP contribution in [0.4, 0.5) is 5.69 Å². The molecule has 7 heteroatoms. The number of pyridine rings is 1. The van der Waals surface area contributed by atoms with E-state index in [4.69, 9.17) is 0 Å². The number of sulfonamides is 1. The molecule has 24 heavy (non-hydrogen) atoms. The van der Waals surface area contributed by atoms with Gasteiger partial charge in [-0.15, -0.1) is 0 Å². The van der Waals surface area contributed by atoms with E-state index in [1.165, 1.54) is 6.20 Å². The second-order valence-corrected chi connectivity index (χ2v) is 7.24. The van der Waals surface area contributed by atoms with Crippen LogP contribution in [0.1, 0.15) is 11.4 Å². The highest BCUT2D eigenvalue weighted by atomic mass is 32.2. The fraction of sp³-hybridized carbons (Fsp3) is 0.176. The Hall–Kier alpha value is -2.67. The lowest BCUT2D eigenvalue weighted by molar-refractivity contribution is 0.598. The van der Waals surface area contributed by atoms with Crippen molar-refractivity contribution in [3.63, 3.8) is 0 Å². The van der Waals surface area contributed by atoms with Gasteiger partial charge in [0, 0.05) is 36.9 Å². The molecule has 0 atom stereocenters. The largest absolute Gasteiger partial charge is 0.337 e. The van der Waals surface area contributed by atoms with Crippen molar-refractivity contribution in [1.82, 2.24) is 14.5 Å². The number of hydrogen-bond donors (Lipinski definition) is 1. The second-order valence-electron chi connectivity index (χ2n) is 5.61. The highest BCUT2D eigenvalue weighted by Crippen LogP contribution is 2.24. The minimum Gasteiger partial charge on any atom is -0.337 e. The van der Waals surface area contributed by atoms with Gasteiger partial charge < -0.3 is 4.57 Å². The molecule has 1 aromatic carbocycles. The van der Waals surface area contributed by atoms with Crippen LogP contribution in [0.5, 0.6) is 0 Å². The van der Waals surface area contributed by atoms with Crippen LogP contribution in [-0.2, 0) is 17.1 Å². The van der Waals surface area contributed by atoms with E-state index in [0.29, 0.717) is 11.5 Å². The molecule has 2 heterocycles. The van der Waals surface area contributed by atoms with Gasteiger partial charge in [0.05, 0.1) is 0 Å². The highest BCUT2D eigenvalue weighted by molar-refractivity contribution is 7.92. The summed E-state index contributed by atoms with van der Waals surface area (Å²) in [6, 6.07) is 9.14. The van der Waals surface area contributed by atoms with E-state index < -0.39 is 10.0 Å². The summed E-state index contributed by atoms with van der Waals surface area (Å²) in [5.41, 5.74) is 3.61. The molecule has 124 valence electrons. The van der Waals surface area contributed by atoms with Gasteiger partial charge in [0.2, 0.25) is 0 Å². The molecule has 1 N–H and O–H groups in total. The normalized spacial score (nSPS) is 11.5. The molecule has 0 aliphatic rings. The van der Waals surface area contributed by atoms with Crippen LogP contribution in [-0.4, -0.2) is 23.0 Å². The number of nitrogens with zero attached hydrogens (tertiary/aromatic N) is 3. The van der Waals surface area contributed by atoms with Gasteiger partial charge in [0.25, 0.3) is 10.0 Å². The van der Waals surface area contributed by atoms with Gasteiger partial charge in [-0.1, -0.05) is 12.1 Å². The molecule has 0 unspecified atom stereocenters. The van der Waals surface area contributed by atoms with Gasteiger partial charge in [0.1, 0.15) is 5.82 Å². The van der Waals surface area contributed by atoms with Crippen molar-refractivity contribution >= 4 is 15.7 Å². The van der Waals surface area contributed by atoms with Crippen molar-refractivity contribution in [1.29, 1.82) is 0 Å². The summed E-state index contributed by atoms with van der Waals surface area (Å²) in [7, 11) is -1.94. The molecular weight excluding hydrogens is 324 g/mol. The molecule has 0 radical (unpaired) electrons. The summed E-state index contributed by atoms with van der Waals surface area (Å²) >= 11 is 0. The Balaban J connectivity index is 1.85. The summed E-state index contributed by atoms with van der Waals surface area (Å²) < 4.78 is 29.0. The summed E-state index contributed by atoms with van der Waals surface area (Å²) in [5.74, 6) is 0.637. The van der Waals surface area contributed by atoms with Crippen LogP contribution in [0.25, 0.3) is 11.1 Å². The molecule has 6 nitrogen and oxygen atoms in total. The monoisotopic (exact) mass is 342 g/mol. The maximum Gasteiger partial charge on any atom is 0.280 e. The van der Waals surface area contributed by atoms with Crippen molar-refractivity contribution < 1.29 is 8.42 Å². The average molecular weight is 342 g/mol. The topological polar surface area (TPSA) is 76.9 Å². The highest BCUT2D eigenvalue weighted by Gasteiger charge is 2.18. The standard InChI is InChI=1S/C17H18N4O2S/c1-12-8-9-18-10-16(12)14-4-6-15(7-5-14)20-24(22,23)17-11-21(3)13(2)19-17/h4-11,20H,1-3H3. The Labute approximate surface area is 141 Å². The minimum absolute atomic E-state index is 0.00896. The van der Waals surface area contributed by atoms with Crippen LogP contribution >= 0.6 is 0 Å². The molecule has 0 aliphatic heterocycles. The zero-order chi connectivity index (χ0) is 17.3. The van der Waals surface area contributed by atoms with Crippen LogP contribution in [0, 0.1) is 13.8 Å². The van der Waals surface area contributed by atoms with Crippen molar-refractivity contribution in [3.8, 4) is 11.1 Å². The van der Waals surface area contributed by atoms with E-state index in [0.717, 1.165) is 16.7 Å². The summed E-state index contributed by atoms with van der Waals surface area (Å²) in [6.07, 6.45) is 5.03. The van der Waals surface area contributed by atoms with Gasteiger partial charge in [0.15, 0.2) is 5.03 Å². The zero-order valence-electron chi connectivity index (χ0n) is 13.7. The first-order chi connectivity index (χ1) is 11.4. The minimum atomic E-state index is -3.69. The van der Waals surface area contributed by atoms with Gasteiger partial charge in [-0.25, -0.2) is 4.98 Å². The predicted octanol–water partition coefficient (Wildman–Crippen LogP) is 2.90. The lowest BCUT2D eigenvalue weighted by Gasteiger charge is -2.08. The van der Waals surface area contributed by atoms with Crippen molar-refractivity contribution in [2.24, 2.45) is 7.05 Å². The number of rotatable bonds is 4. The Bertz CT molecular complexity index is 957. The number of nitrogens with one attached hydrogen (secondary N) is 1. The van der Waals surface area contributed by atoms with E-state index in [-0.39, 0.29) is 5.03 Å². The quantitative estimate of drug-likeness (QED) is 0.791. The summed E-state index contributed by atoms with van der Waals surface area (Å²) in [5, 5.41) is 0.00896. The fourth-order valence-electron chi connectivity index (χ4n) is 2.35. The zero-order valence-corrected chi connectivity index (χ0v) is 14.5. The molecule has 0 saturated carbocycles. The van der Waals surface area contributed by atoms with E-state index in [2.05, 4.69) is 14.7 Å². The SMILES string of the molecule is Cc1ccncc1-c1ccc(NS(=O)(=O)c2cn(C)c(C)n2)cc1. The summed E-state index contributed by atoms with van der Waals surface area (Å²) in [4.78, 5) is 8.19. The number of imidazole rings is 1. The molecule has 0 fully saturated rings. The molecule has 0 aliphatic carbocycles. The van der Waals surface area contributed by atoms with E-state index in [9.17, 15) is 8.42 Å². The third-order valence-electron chi connectivity index (χ3n) is 3.85. The maximum absolute atomic E-state index is 12.4. The second kappa shape index (κ2) is 6.09. The first-order valence-corrected chi connectivity index (χ1v) is 8.89. The maximum atomic E-state index is 12.4. The van der Waals surface area contributed by atoms with E-state index in [1.54, 1.807) is 43.1 Å². The van der Waals surface area contributed by atoms with Gasteiger partial charge in [-0.05, 0) is 43.2 Å². The molecule has 0 saturated heterocycles. The number of anilines is 1. The smallest absolute Gasteiger partial charge is 0.280 e. The molecule has 0 amide bonds. The molecule has 3 rings (SSSR count). The number of aryl methyl sites for hydroxylation is 3. The number of benzene rings is 1. The fourth-order valence-corrected chi connectivity index (χ4v) is 3.45. The molecule has 3 aromatic rings. The predicted molar refractivity (Wildman–Crippen MR) is 93.2 cm³/mol. The Morgan fingerprint density at radius 1 is 1.08 bits per heavy atom. The van der Waals surface area contributed by atoms with Crippen LogP contribution in [0.2, 0.25) is 0 Å². The summed E-state index contributed by atoms with van der Waals surface area (Å²) in [6.45, 7) is 3.76. The van der Waals surface area contributed by atoms with Crippen molar-refractivity contribution in [3.05, 3.63) is 60.3 Å². The van der Waals surface area contributed by atoms with Crippen LogP contribution in [0.15, 0.2) is 53.9 Å². The first kappa shape index (κ1) is 16.2. The van der Waals surface area contributed by atoms with Gasteiger partial charge >= 0.3 is 0 Å². The first-order valence-electron chi connectivity index (χ1n) is 7.40. The van der Waals surface area contributed by atoms with E-state index in [1.807, 2.05) is 25.1 Å². The van der Waals surface area contributed by atoms with Crippen LogP contribution < -0.4 is 4.72 Å². The lowest BCUT2D eigenvalue weighted by Crippen LogP contribution is -2.13. The number of aromatic nitrogens is 3.